The molecule has 0 bridgehead atoms. The number of carbonyl (C=O) groups excluding carboxylic acids is 1. The van der Waals surface area contributed by atoms with Crippen molar-refractivity contribution in [2.75, 3.05) is 39.1 Å². The van der Waals surface area contributed by atoms with Gasteiger partial charge in [-0.2, -0.15) is 4.31 Å². The van der Waals surface area contributed by atoms with Crippen molar-refractivity contribution in [1.29, 1.82) is 0 Å². The van der Waals surface area contributed by atoms with Crippen molar-refractivity contribution < 1.29 is 22.7 Å². The van der Waals surface area contributed by atoms with Crippen molar-refractivity contribution in [3.8, 4) is 5.75 Å². The molecule has 7 nitrogen and oxygen atoms in total. The van der Waals surface area contributed by atoms with Crippen LogP contribution in [0.3, 0.4) is 0 Å². The third-order valence-electron chi connectivity index (χ3n) is 5.75. The van der Waals surface area contributed by atoms with Gasteiger partial charge >= 0.3 is 0 Å². The molecular formula is C22H34N2O5S. The summed E-state index contributed by atoms with van der Waals surface area (Å²) in [4.78, 5) is 14.2. The topological polar surface area (TPSA) is 76.2 Å². The summed E-state index contributed by atoms with van der Waals surface area (Å²) in [5.41, 5.74) is 1.54. The number of unbranched alkanes of at least 4 members (excludes halogenated alkanes) is 1. The van der Waals surface area contributed by atoms with E-state index in [-0.39, 0.29) is 11.9 Å². The van der Waals surface area contributed by atoms with Crippen LogP contribution < -0.4 is 4.74 Å². The standard InChI is InChI=1S/C22H34N2O5S/c1-17-8-9-20-18(15-17)19(16-22(2,3)29-20)24(30(4,26)27)10-6-5-7-21(25)23-11-13-28-14-12-23/h8-9,15,19H,5-7,10-14,16H2,1-4H3. The van der Waals surface area contributed by atoms with Gasteiger partial charge in [-0.05, 0) is 39.7 Å². The molecule has 8 heteroatoms. The van der Waals surface area contributed by atoms with Crippen molar-refractivity contribution in [1.82, 2.24) is 9.21 Å². The average Bonchev–Trinajstić information content (AvgIpc) is 2.67. The quantitative estimate of drug-likeness (QED) is 0.612. The van der Waals surface area contributed by atoms with E-state index in [9.17, 15) is 13.2 Å². The summed E-state index contributed by atoms with van der Waals surface area (Å²) >= 11 is 0. The first-order valence-electron chi connectivity index (χ1n) is 10.7. The van der Waals surface area contributed by atoms with Crippen LogP contribution in [0.2, 0.25) is 0 Å². The van der Waals surface area contributed by atoms with Crippen LogP contribution in [-0.4, -0.2) is 68.2 Å². The minimum absolute atomic E-state index is 0.123. The number of aryl methyl sites for hydroxylation is 1. The molecule has 0 N–H and O–H groups in total. The molecule has 1 aromatic carbocycles. The van der Waals surface area contributed by atoms with Gasteiger partial charge in [-0.25, -0.2) is 8.42 Å². The fourth-order valence-electron chi connectivity index (χ4n) is 4.26. The molecule has 30 heavy (non-hydrogen) atoms. The third-order valence-corrected chi connectivity index (χ3v) is 7.04. The molecule has 1 saturated heterocycles. The Morgan fingerprint density at radius 3 is 2.60 bits per heavy atom. The summed E-state index contributed by atoms with van der Waals surface area (Å²) in [7, 11) is -3.43. The highest BCUT2D eigenvalue weighted by Gasteiger charge is 2.39. The van der Waals surface area contributed by atoms with E-state index in [1.165, 1.54) is 6.26 Å². The molecule has 1 atom stereocenters. The Morgan fingerprint density at radius 2 is 1.93 bits per heavy atom. The Bertz CT molecular complexity index is 862. The van der Waals surface area contributed by atoms with Gasteiger partial charge in [0, 0.05) is 38.0 Å². The number of benzene rings is 1. The molecule has 2 aliphatic heterocycles. The summed E-state index contributed by atoms with van der Waals surface area (Å²) in [6, 6.07) is 5.67. The lowest BCUT2D eigenvalue weighted by atomic mass is 9.89. The van der Waals surface area contributed by atoms with Crippen LogP contribution in [0.15, 0.2) is 18.2 Å². The summed E-state index contributed by atoms with van der Waals surface area (Å²) in [5.74, 6) is 0.871. The number of ether oxygens (including phenoxy) is 2. The number of amides is 1. The zero-order valence-electron chi connectivity index (χ0n) is 18.5. The zero-order valence-corrected chi connectivity index (χ0v) is 19.3. The van der Waals surface area contributed by atoms with E-state index < -0.39 is 15.6 Å². The first-order valence-corrected chi connectivity index (χ1v) is 12.5. The Balaban J connectivity index is 1.69. The van der Waals surface area contributed by atoms with Crippen LogP contribution in [-0.2, 0) is 19.6 Å². The minimum atomic E-state index is -3.43. The summed E-state index contributed by atoms with van der Waals surface area (Å²) in [6.07, 6.45) is 3.59. The van der Waals surface area contributed by atoms with Gasteiger partial charge < -0.3 is 14.4 Å². The second-order valence-electron chi connectivity index (χ2n) is 8.95. The number of rotatable bonds is 7. The molecule has 2 aliphatic rings. The Labute approximate surface area is 180 Å². The first-order chi connectivity index (χ1) is 14.1. The van der Waals surface area contributed by atoms with Crippen LogP contribution in [0.4, 0.5) is 0 Å². The second-order valence-corrected chi connectivity index (χ2v) is 10.9. The molecule has 168 valence electrons. The lowest BCUT2D eigenvalue weighted by molar-refractivity contribution is -0.135. The van der Waals surface area contributed by atoms with Crippen molar-refractivity contribution in [2.24, 2.45) is 0 Å². The van der Waals surface area contributed by atoms with Crippen molar-refractivity contribution in [2.45, 2.75) is 58.1 Å². The molecule has 1 aromatic rings. The fraction of sp³-hybridized carbons (Fsp3) is 0.682. The number of fused-ring (bicyclic) bond motifs is 1. The number of carbonyl (C=O) groups is 1. The summed E-state index contributed by atoms with van der Waals surface area (Å²) in [6.45, 7) is 8.83. The molecular weight excluding hydrogens is 404 g/mol. The Hall–Kier alpha value is -1.64. The third kappa shape index (κ3) is 5.74. The van der Waals surface area contributed by atoms with Gasteiger partial charge in [0.25, 0.3) is 0 Å². The second kappa shape index (κ2) is 9.24. The van der Waals surface area contributed by atoms with Gasteiger partial charge in [0.15, 0.2) is 0 Å². The SMILES string of the molecule is Cc1ccc2c(c1)C(N(CCCCC(=O)N1CCOCC1)S(C)(=O)=O)CC(C)(C)O2. The molecule has 0 saturated carbocycles. The lowest BCUT2D eigenvalue weighted by Gasteiger charge is -2.41. The number of hydrogen-bond donors (Lipinski definition) is 0. The van der Waals surface area contributed by atoms with Crippen LogP contribution >= 0.6 is 0 Å². The van der Waals surface area contributed by atoms with E-state index in [0.29, 0.717) is 58.5 Å². The van der Waals surface area contributed by atoms with Crippen molar-refractivity contribution in [3.63, 3.8) is 0 Å². The zero-order chi connectivity index (χ0) is 21.9. The molecule has 0 aliphatic carbocycles. The van der Waals surface area contributed by atoms with Crippen LogP contribution in [0, 0.1) is 6.92 Å². The minimum Gasteiger partial charge on any atom is -0.487 e. The maximum atomic E-state index is 12.7. The van der Waals surface area contributed by atoms with E-state index in [1.54, 1.807) is 4.31 Å². The molecule has 1 unspecified atom stereocenters. The number of sulfonamides is 1. The van der Waals surface area contributed by atoms with Gasteiger partial charge in [-0.15, -0.1) is 0 Å². The van der Waals surface area contributed by atoms with Crippen LogP contribution in [0.25, 0.3) is 0 Å². The Kier molecular flexibility index (Phi) is 7.09. The monoisotopic (exact) mass is 438 g/mol. The highest BCUT2D eigenvalue weighted by Crippen LogP contribution is 2.43. The van der Waals surface area contributed by atoms with E-state index in [0.717, 1.165) is 16.9 Å². The van der Waals surface area contributed by atoms with Crippen molar-refractivity contribution >= 4 is 15.9 Å². The van der Waals surface area contributed by atoms with E-state index in [1.807, 2.05) is 43.9 Å². The maximum Gasteiger partial charge on any atom is 0.222 e. The van der Waals surface area contributed by atoms with Crippen LogP contribution in [0.5, 0.6) is 5.75 Å². The predicted octanol–water partition coefficient (Wildman–Crippen LogP) is 2.89. The highest BCUT2D eigenvalue weighted by molar-refractivity contribution is 7.88. The Morgan fingerprint density at radius 1 is 1.23 bits per heavy atom. The predicted molar refractivity (Wildman–Crippen MR) is 116 cm³/mol. The van der Waals surface area contributed by atoms with Gasteiger partial charge in [0.1, 0.15) is 11.4 Å². The molecule has 1 amide bonds. The molecule has 1 fully saturated rings. The lowest BCUT2D eigenvalue weighted by Crippen LogP contribution is -2.44. The summed E-state index contributed by atoms with van der Waals surface area (Å²) < 4.78 is 38.4. The largest absolute Gasteiger partial charge is 0.487 e. The average molecular weight is 439 g/mol. The highest BCUT2D eigenvalue weighted by atomic mass is 32.2. The molecule has 2 heterocycles. The van der Waals surface area contributed by atoms with E-state index >= 15 is 0 Å². The van der Waals surface area contributed by atoms with Gasteiger partial charge in [0.2, 0.25) is 15.9 Å². The molecule has 0 radical (unpaired) electrons. The van der Waals surface area contributed by atoms with Gasteiger partial charge in [0.05, 0.1) is 25.5 Å². The molecule has 0 spiro atoms. The molecule has 0 aromatic heterocycles. The molecule has 3 rings (SSSR count). The summed E-state index contributed by atoms with van der Waals surface area (Å²) in [5, 5.41) is 0. The first kappa shape index (κ1) is 23.0. The maximum absolute atomic E-state index is 12.7. The normalized spacial score (nSPS) is 21.2. The van der Waals surface area contributed by atoms with E-state index in [2.05, 4.69) is 0 Å². The smallest absolute Gasteiger partial charge is 0.222 e. The van der Waals surface area contributed by atoms with Crippen LogP contribution in [0.1, 0.15) is 56.7 Å². The van der Waals surface area contributed by atoms with Gasteiger partial charge in [-0.3, -0.25) is 4.79 Å². The van der Waals surface area contributed by atoms with Crippen molar-refractivity contribution in [3.05, 3.63) is 29.3 Å². The van der Waals surface area contributed by atoms with Gasteiger partial charge in [-0.1, -0.05) is 17.7 Å². The number of morpholine rings is 1. The number of nitrogens with zero attached hydrogens (tertiary/aromatic N) is 2. The number of hydrogen-bond acceptors (Lipinski definition) is 5. The van der Waals surface area contributed by atoms with E-state index in [4.69, 9.17) is 9.47 Å². The fourth-order valence-corrected chi connectivity index (χ4v) is 5.37.